The van der Waals surface area contributed by atoms with Crippen molar-refractivity contribution in [1.82, 2.24) is 14.5 Å². The molecule has 202 valence electrons. The Morgan fingerprint density at radius 1 is 0.949 bits per heavy atom. The van der Waals surface area contributed by atoms with Crippen LogP contribution in [-0.2, 0) is 22.6 Å². The maximum atomic E-state index is 13.5. The van der Waals surface area contributed by atoms with Gasteiger partial charge in [0.25, 0.3) is 11.5 Å². The van der Waals surface area contributed by atoms with Gasteiger partial charge in [0.15, 0.2) is 0 Å². The van der Waals surface area contributed by atoms with Crippen LogP contribution in [0.5, 0.6) is 0 Å². The van der Waals surface area contributed by atoms with Crippen LogP contribution in [0.2, 0.25) is 10.0 Å². The number of aromatic nitrogens is 2. The van der Waals surface area contributed by atoms with Crippen molar-refractivity contribution < 1.29 is 14.3 Å². The van der Waals surface area contributed by atoms with Crippen LogP contribution in [0.25, 0.3) is 10.9 Å². The first kappa shape index (κ1) is 28.1. The van der Waals surface area contributed by atoms with E-state index in [1.807, 2.05) is 0 Å². The van der Waals surface area contributed by atoms with Crippen LogP contribution in [-0.4, -0.2) is 41.2 Å². The monoisotopic (exact) mass is 568 g/mol. The Balaban J connectivity index is 1.60. The standard InChI is InChI=1S/C28H26Cl2N4O5/c1-39-14-4-13-31-26(36)19-9-7-18(8-10-19)16-34-27(37)21-5-2-3-6-24(21)33(28(34)38)17-25(35)32-23-15-20(29)11-12-22(23)30/h2-3,5-12,15H,4,13-14,16-17H2,1H3,(H,31,36)(H,32,35). The second kappa shape index (κ2) is 12.8. The molecular weight excluding hydrogens is 543 g/mol. The summed E-state index contributed by atoms with van der Waals surface area (Å²) in [5.74, 6) is -0.744. The van der Waals surface area contributed by atoms with Gasteiger partial charge in [-0.25, -0.2) is 4.79 Å². The molecule has 2 amide bonds. The van der Waals surface area contributed by atoms with Gasteiger partial charge < -0.3 is 15.4 Å². The summed E-state index contributed by atoms with van der Waals surface area (Å²) < 4.78 is 7.29. The van der Waals surface area contributed by atoms with E-state index in [1.165, 1.54) is 10.6 Å². The number of carbonyl (C=O) groups is 2. The van der Waals surface area contributed by atoms with Crippen molar-refractivity contribution in [3.63, 3.8) is 0 Å². The Bertz CT molecular complexity index is 1630. The van der Waals surface area contributed by atoms with Crippen LogP contribution < -0.4 is 21.9 Å². The minimum atomic E-state index is -0.647. The van der Waals surface area contributed by atoms with E-state index in [1.54, 1.807) is 67.8 Å². The topological polar surface area (TPSA) is 111 Å². The molecule has 1 aromatic heterocycles. The number of nitrogens with one attached hydrogen (secondary N) is 2. The minimum Gasteiger partial charge on any atom is -0.385 e. The number of ether oxygens (including phenoxy) is 1. The van der Waals surface area contributed by atoms with E-state index in [0.717, 1.165) is 4.57 Å². The Morgan fingerprint density at radius 3 is 2.44 bits per heavy atom. The summed E-state index contributed by atoms with van der Waals surface area (Å²) in [6, 6.07) is 17.9. The number of amides is 2. The quantitative estimate of drug-likeness (QED) is 0.281. The van der Waals surface area contributed by atoms with Crippen molar-refractivity contribution in [3.05, 3.63) is 109 Å². The minimum absolute atomic E-state index is 0.0417. The third kappa shape index (κ3) is 6.75. The van der Waals surface area contributed by atoms with Crippen molar-refractivity contribution in [2.45, 2.75) is 19.5 Å². The van der Waals surface area contributed by atoms with Crippen molar-refractivity contribution in [1.29, 1.82) is 0 Å². The van der Waals surface area contributed by atoms with Gasteiger partial charge in [0.1, 0.15) is 6.54 Å². The molecule has 0 aliphatic carbocycles. The second-order valence-corrected chi connectivity index (χ2v) is 9.59. The molecule has 0 atom stereocenters. The zero-order chi connectivity index (χ0) is 27.9. The Morgan fingerprint density at radius 2 is 1.69 bits per heavy atom. The largest absolute Gasteiger partial charge is 0.385 e. The van der Waals surface area contributed by atoms with Gasteiger partial charge in [0, 0.05) is 30.8 Å². The predicted molar refractivity (Wildman–Crippen MR) is 152 cm³/mol. The molecule has 0 fully saturated rings. The Kier molecular flexibility index (Phi) is 9.19. The van der Waals surface area contributed by atoms with Crippen LogP contribution in [0, 0.1) is 0 Å². The van der Waals surface area contributed by atoms with Gasteiger partial charge in [-0.3, -0.25) is 23.5 Å². The molecule has 0 saturated carbocycles. The number of para-hydroxylation sites is 1. The Labute approximate surface area is 233 Å². The molecule has 3 aromatic carbocycles. The Hall–Kier alpha value is -3.92. The van der Waals surface area contributed by atoms with Crippen molar-refractivity contribution in [2.24, 2.45) is 0 Å². The maximum absolute atomic E-state index is 13.5. The number of rotatable bonds is 10. The number of nitrogens with zero attached hydrogens (tertiary/aromatic N) is 2. The first-order valence-corrected chi connectivity index (χ1v) is 12.9. The lowest BCUT2D eigenvalue weighted by Gasteiger charge is -2.15. The van der Waals surface area contributed by atoms with E-state index in [2.05, 4.69) is 10.6 Å². The molecule has 0 aliphatic rings. The van der Waals surface area contributed by atoms with Gasteiger partial charge in [0.2, 0.25) is 5.91 Å². The van der Waals surface area contributed by atoms with E-state index in [-0.39, 0.29) is 24.4 Å². The molecule has 1 heterocycles. The van der Waals surface area contributed by atoms with Crippen LogP contribution in [0.15, 0.2) is 76.3 Å². The summed E-state index contributed by atoms with van der Waals surface area (Å²) in [6.45, 7) is 0.634. The molecule has 0 spiro atoms. The second-order valence-electron chi connectivity index (χ2n) is 8.75. The highest BCUT2D eigenvalue weighted by Crippen LogP contribution is 2.25. The summed E-state index contributed by atoms with van der Waals surface area (Å²) in [7, 11) is 1.60. The lowest BCUT2D eigenvalue weighted by molar-refractivity contribution is -0.116. The van der Waals surface area contributed by atoms with Gasteiger partial charge in [0.05, 0.1) is 28.2 Å². The smallest absolute Gasteiger partial charge is 0.332 e. The van der Waals surface area contributed by atoms with E-state index in [4.69, 9.17) is 27.9 Å². The number of halogens is 2. The third-order valence-corrected chi connectivity index (χ3v) is 6.57. The third-order valence-electron chi connectivity index (χ3n) is 6.00. The molecule has 9 nitrogen and oxygen atoms in total. The fourth-order valence-electron chi connectivity index (χ4n) is 4.05. The SMILES string of the molecule is COCCCNC(=O)c1ccc(Cn2c(=O)c3ccccc3n(CC(=O)Nc3cc(Cl)ccc3Cl)c2=O)cc1. The highest BCUT2D eigenvalue weighted by atomic mass is 35.5. The van der Waals surface area contributed by atoms with Crippen LogP contribution >= 0.6 is 23.2 Å². The molecule has 0 radical (unpaired) electrons. The molecule has 0 saturated heterocycles. The first-order valence-electron chi connectivity index (χ1n) is 12.1. The number of carbonyl (C=O) groups excluding carboxylic acids is 2. The van der Waals surface area contributed by atoms with E-state index >= 15 is 0 Å². The van der Waals surface area contributed by atoms with Crippen LogP contribution in [0.4, 0.5) is 5.69 Å². The van der Waals surface area contributed by atoms with Gasteiger partial charge in [-0.15, -0.1) is 0 Å². The molecule has 4 rings (SSSR count). The van der Waals surface area contributed by atoms with Crippen molar-refractivity contribution in [2.75, 3.05) is 25.6 Å². The van der Waals surface area contributed by atoms with Gasteiger partial charge in [-0.2, -0.15) is 0 Å². The van der Waals surface area contributed by atoms with E-state index < -0.39 is 17.2 Å². The summed E-state index contributed by atoms with van der Waals surface area (Å²) in [4.78, 5) is 52.0. The van der Waals surface area contributed by atoms with Crippen molar-refractivity contribution >= 4 is 51.6 Å². The number of anilines is 1. The van der Waals surface area contributed by atoms with Crippen LogP contribution in [0.3, 0.4) is 0 Å². The maximum Gasteiger partial charge on any atom is 0.332 e. The molecule has 2 N–H and O–H groups in total. The summed E-state index contributed by atoms with van der Waals surface area (Å²) in [6.07, 6.45) is 0.696. The highest BCUT2D eigenvalue weighted by Gasteiger charge is 2.17. The fourth-order valence-corrected chi connectivity index (χ4v) is 4.39. The summed E-state index contributed by atoms with van der Waals surface area (Å²) in [5, 5.41) is 6.45. The summed E-state index contributed by atoms with van der Waals surface area (Å²) in [5.41, 5.74) is 0.605. The van der Waals surface area contributed by atoms with E-state index in [0.29, 0.717) is 51.9 Å². The molecule has 4 aromatic rings. The average molecular weight is 569 g/mol. The van der Waals surface area contributed by atoms with Crippen molar-refractivity contribution in [3.8, 4) is 0 Å². The number of benzene rings is 3. The zero-order valence-electron chi connectivity index (χ0n) is 21.1. The first-order chi connectivity index (χ1) is 18.8. The molecule has 0 unspecified atom stereocenters. The lowest BCUT2D eigenvalue weighted by atomic mass is 10.1. The van der Waals surface area contributed by atoms with Gasteiger partial charge in [-0.05, 0) is 54.4 Å². The lowest BCUT2D eigenvalue weighted by Crippen LogP contribution is -2.42. The number of fused-ring (bicyclic) bond motifs is 1. The number of hydrogen-bond acceptors (Lipinski definition) is 5. The number of hydrogen-bond donors (Lipinski definition) is 2. The molecular formula is C28H26Cl2N4O5. The molecule has 11 heteroatoms. The van der Waals surface area contributed by atoms with Crippen LogP contribution in [0.1, 0.15) is 22.3 Å². The van der Waals surface area contributed by atoms with Gasteiger partial charge >= 0.3 is 5.69 Å². The summed E-state index contributed by atoms with van der Waals surface area (Å²) >= 11 is 12.2. The van der Waals surface area contributed by atoms with Gasteiger partial charge in [-0.1, -0.05) is 47.5 Å². The normalized spacial score (nSPS) is 10.9. The van der Waals surface area contributed by atoms with E-state index in [9.17, 15) is 19.2 Å². The molecule has 39 heavy (non-hydrogen) atoms. The molecule has 0 aliphatic heterocycles. The average Bonchev–Trinajstić information content (AvgIpc) is 2.93. The fraction of sp³-hybridized carbons (Fsp3) is 0.214. The predicted octanol–water partition coefficient (Wildman–Crippen LogP) is 3.92. The number of methoxy groups -OCH3 is 1. The molecule has 0 bridgehead atoms. The zero-order valence-corrected chi connectivity index (χ0v) is 22.6. The highest BCUT2D eigenvalue weighted by molar-refractivity contribution is 6.35.